The Labute approximate surface area is 216 Å². The van der Waals surface area contributed by atoms with Crippen molar-refractivity contribution in [2.75, 3.05) is 19.8 Å². The molecule has 196 valence electrons. The zero-order valence-electron chi connectivity index (χ0n) is 21.2. The molecule has 37 heavy (non-hydrogen) atoms. The zero-order chi connectivity index (χ0) is 25.8. The minimum Gasteiger partial charge on any atom is -0.368 e. The highest BCUT2D eigenvalue weighted by molar-refractivity contribution is 5.71. The molecule has 3 nitrogen and oxygen atoms in total. The van der Waals surface area contributed by atoms with E-state index >= 15 is 4.39 Å². The van der Waals surface area contributed by atoms with E-state index in [1.807, 2.05) is 6.07 Å². The van der Waals surface area contributed by atoms with Crippen LogP contribution in [-0.2, 0) is 14.2 Å². The van der Waals surface area contributed by atoms with Crippen LogP contribution in [0.15, 0.2) is 54.6 Å². The Morgan fingerprint density at radius 1 is 0.703 bits per heavy atom. The van der Waals surface area contributed by atoms with Gasteiger partial charge < -0.3 is 14.2 Å². The Morgan fingerprint density at radius 3 is 2.00 bits per heavy atom. The van der Waals surface area contributed by atoms with Crippen LogP contribution < -0.4 is 0 Å². The summed E-state index contributed by atoms with van der Waals surface area (Å²) < 4.78 is 61.0. The van der Waals surface area contributed by atoms with E-state index in [4.69, 9.17) is 14.2 Å². The summed E-state index contributed by atoms with van der Waals surface area (Å²) in [5, 5.41) is 0. The summed E-state index contributed by atoms with van der Waals surface area (Å²) in [6.07, 6.45) is 6.41. The van der Waals surface area contributed by atoms with E-state index in [-0.39, 0.29) is 23.0 Å². The first-order valence-electron chi connectivity index (χ1n) is 13.3. The van der Waals surface area contributed by atoms with Crippen molar-refractivity contribution in [1.82, 2.24) is 0 Å². The topological polar surface area (TPSA) is 31.0 Å². The minimum atomic E-state index is -0.900. The van der Waals surface area contributed by atoms with Gasteiger partial charge in [-0.15, -0.1) is 0 Å². The molecule has 2 saturated heterocycles. The number of hydrogen-bond acceptors (Lipinski definition) is 3. The van der Waals surface area contributed by atoms with Gasteiger partial charge in [0.2, 0.25) is 0 Å². The van der Waals surface area contributed by atoms with Crippen molar-refractivity contribution in [3.63, 3.8) is 0 Å². The molecule has 3 aromatic rings. The lowest BCUT2D eigenvalue weighted by atomic mass is 9.97. The maximum Gasteiger partial charge on any atom is 0.183 e. The lowest BCUT2D eigenvalue weighted by Crippen LogP contribution is -2.27. The maximum absolute atomic E-state index is 15.1. The smallest absolute Gasteiger partial charge is 0.183 e. The van der Waals surface area contributed by atoms with Crippen LogP contribution in [0.25, 0.3) is 22.3 Å². The minimum absolute atomic E-state index is 0.162. The fourth-order valence-electron chi connectivity index (χ4n) is 4.94. The van der Waals surface area contributed by atoms with E-state index in [9.17, 15) is 8.78 Å². The van der Waals surface area contributed by atoms with Gasteiger partial charge in [-0.1, -0.05) is 87.6 Å². The van der Waals surface area contributed by atoms with Crippen LogP contribution in [-0.4, -0.2) is 19.8 Å². The summed E-state index contributed by atoms with van der Waals surface area (Å²) in [6.45, 7) is 3.86. The molecule has 0 bridgehead atoms. The molecule has 0 amide bonds. The van der Waals surface area contributed by atoms with Crippen LogP contribution >= 0.6 is 0 Å². The molecule has 0 spiro atoms. The van der Waals surface area contributed by atoms with Crippen LogP contribution in [0.4, 0.5) is 13.2 Å². The summed E-state index contributed by atoms with van der Waals surface area (Å²) in [6, 6.07) is 14.8. The quantitative estimate of drug-likeness (QED) is 0.202. The van der Waals surface area contributed by atoms with Gasteiger partial charge in [-0.2, -0.15) is 0 Å². The SMILES string of the molecule is CCCCCCCC1COC(c2ccc(-c3ccc(-c4ccc(C5CO5)c(F)c4F)cc3)c(F)c2)OC1. The van der Waals surface area contributed by atoms with Crippen molar-refractivity contribution in [2.24, 2.45) is 5.92 Å². The maximum atomic E-state index is 15.1. The molecule has 2 aliphatic heterocycles. The molecule has 3 aromatic carbocycles. The van der Waals surface area contributed by atoms with Gasteiger partial charge in [-0.3, -0.25) is 0 Å². The predicted octanol–water partition coefficient (Wildman–Crippen LogP) is 8.53. The van der Waals surface area contributed by atoms with E-state index in [2.05, 4.69) is 6.92 Å². The third kappa shape index (κ3) is 6.08. The standard InChI is InChI=1S/C31H33F3O3/c1-2-3-4-5-6-7-20-17-36-31(37-18-20)23-12-13-24(27(32)16-23)21-8-10-22(11-9-21)25-14-15-26(28-19-35-28)30(34)29(25)33/h8-16,20,28,31H,2-7,17-19H2,1H3. The van der Waals surface area contributed by atoms with E-state index in [1.165, 1.54) is 38.2 Å². The largest absolute Gasteiger partial charge is 0.368 e. The van der Waals surface area contributed by atoms with Gasteiger partial charge in [0.05, 0.1) is 19.8 Å². The average molecular weight is 511 g/mol. The van der Waals surface area contributed by atoms with Gasteiger partial charge in [-0.25, -0.2) is 13.2 Å². The fourth-order valence-corrected chi connectivity index (χ4v) is 4.94. The molecule has 2 aliphatic rings. The molecule has 0 aliphatic carbocycles. The van der Waals surface area contributed by atoms with Gasteiger partial charge in [0, 0.05) is 28.2 Å². The molecule has 2 heterocycles. The molecule has 1 atom stereocenters. The van der Waals surface area contributed by atoms with Crippen molar-refractivity contribution in [3.8, 4) is 22.3 Å². The van der Waals surface area contributed by atoms with E-state index in [1.54, 1.807) is 42.5 Å². The Morgan fingerprint density at radius 2 is 1.35 bits per heavy atom. The van der Waals surface area contributed by atoms with E-state index in [0.717, 1.165) is 6.42 Å². The Kier molecular flexibility index (Phi) is 8.28. The number of halogens is 3. The molecule has 6 heteroatoms. The lowest BCUT2D eigenvalue weighted by Gasteiger charge is -2.29. The molecule has 0 aromatic heterocycles. The van der Waals surface area contributed by atoms with Gasteiger partial charge >= 0.3 is 0 Å². The van der Waals surface area contributed by atoms with E-state index in [0.29, 0.717) is 48.0 Å². The lowest BCUT2D eigenvalue weighted by molar-refractivity contribution is -0.206. The third-order valence-corrected chi connectivity index (χ3v) is 7.25. The van der Waals surface area contributed by atoms with Crippen LogP contribution in [0, 0.1) is 23.4 Å². The highest BCUT2D eigenvalue weighted by Gasteiger charge is 2.30. The summed E-state index contributed by atoms with van der Waals surface area (Å²) in [7, 11) is 0. The Hall–Kier alpha value is -2.67. The molecule has 2 fully saturated rings. The summed E-state index contributed by atoms with van der Waals surface area (Å²) in [5.74, 6) is -1.78. The highest BCUT2D eigenvalue weighted by Crippen LogP contribution is 2.37. The Balaban J connectivity index is 1.21. The number of unbranched alkanes of at least 4 members (excludes halogenated alkanes) is 4. The number of rotatable bonds is 10. The molecular formula is C31H33F3O3. The van der Waals surface area contributed by atoms with Gasteiger partial charge in [0.1, 0.15) is 11.9 Å². The fraction of sp³-hybridized carbons (Fsp3) is 0.419. The van der Waals surface area contributed by atoms with Gasteiger partial charge in [-0.05, 0) is 23.6 Å². The number of ether oxygens (including phenoxy) is 3. The molecular weight excluding hydrogens is 477 g/mol. The molecule has 0 saturated carbocycles. The average Bonchev–Trinajstić information content (AvgIpc) is 3.76. The number of epoxide rings is 1. The number of benzene rings is 3. The number of hydrogen-bond donors (Lipinski definition) is 0. The highest BCUT2D eigenvalue weighted by atomic mass is 19.2. The summed E-state index contributed by atoms with van der Waals surface area (Å²) in [5.41, 5.74) is 2.63. The second-order valence-corrected chi connectivity index (χ2v) is 10.0. The molecule has 0 radical (unpaired) electrons. The first-order valence-corrected chi connectivity index (χ1v) is 13.3. The van der Waals surface area contributed by atoms with Gasteiger partial charge in [0.25, 0.3) is 0 Å². The Bertz CT molecular complexity index is 1200. The van der Waals surface area contributed by atoms with Crippen LogP contribution in [0.1, 0.15) is 69.0 Å². The van der Waals surface area contributed by atoms with E-state index < -0.39 is 17.9 Å². The van der Waals surface area contributed by atoms with Crippen LogP contribution in [0.3, 0.4) is 0 Å². The second kappa shape index (κ2) is 11.8. The van der Waals surface area contributed by atoms with Crippen molar-refractivity contribution in [2.45, 2.75) is 57.8 Å². The van der Waals surface area contributed by atoms with Crippen LogP contribution in [0.5, 0.6) is 0 Å². The van der Waals surface area contributed by atoms with Crippen LogP contribution in [0.2, 0.25) is 0 Å². The first-order chi connectivity index (χ1) is 18.0. The van der Waals surface area contributed by atoms with Crippen molar-refractivity contribution < 1.29 is 27.4 Å². The third-order valence-electron chi connectivity index (χ3n) is 7.25. The van der Waals surface area contributed by atoms with Gasteiger partial charge in [0.15, 0.2) is 17.9 Å². The second-order valence-electron chi connectivity index (χ2n) is 10.0. The normalized spacial score (nSPS) is 21.2. The first kappa shape index (κ1) is 26.0. The summed E-state index contributed by atoms with van der Waals surface area (Å²) >= 11 is 0. The zero-order valence-corrected chi connectivity index (χ0v) is 21.2. The van der Waals surface area contributed by atoms with Crippen molar-refractivity contribution in [3.05, 3.63) is 83.2 Å². The molecule has 5 rings (SSSR count). The molecule has 1 unspecified atom stereocenters. The predicted molar refractivity (Wildman–Crippen MR) is 137 cm³/mol. The molecule has 0 N–H and O–H groups in total. The monoisotopic (exact) mass is 510 g/mol. The summed E-state index contributed by atoms with van der Waals surface area (Å²) in [4.78, 5) is 0. The van der Waals surface area contributed by atoms with Crippen molar-refractivity contribution in [1.29, 1.82) is 0 Å². The van der Waals surface area contributed by atoms with Crippen molar-refractivity contribution >= 4 is 0 Å².